The van der Waals surface area contributed by atoms with E-state index in [1.54, 1.807) is 24.3 Å². The number of halogens is 1. The van der Waals surface area contributed by atoms with Crippen LogP contribution in [0.2, 0.25) is 0 Å². The molecule has 2 heterocycles. The first-order valence-electron chi connectivity index (χ1n) is 11.0. The highest BCUT2D eigenvalue weighted by molar-refractivity contribution is 7.89. The van der Waals surface area contributed by atoms with E-state index in [2.05, 4.69) is 4.98 Å². The van der Waals surface area contributed by atoms with Gasteiger partial charge in [-0.3, -0.25) is 4.79 Å². The first kappa shape index (κ1) is 23.1. The fourth-order valence-electron chi connectivity index (χ4n) is 4.09. The highest BCUT2D eigenvalue weighted by Crippen LogP contribution is 2.33. The average Bonchev–Trinajstić information content (AvgIpc) is 3.28. The Morgan fingerprint density at radius 2 is 1.69 bits per heavy atom. The molecule has 0 fully saturated rings. The molecule has 35 heavy (non-hydrogen) atoms. The lowest BCUT2D eigenvalue weighted by atomic mass is 10.0. The molecule has 9 heteroatoms. The zero-order valence-electron chi connectivity index (χ0n) is 19.2. The molecule has 4 aromatic rings. The Hall–Kier alpha value is -3.69. The summed E-state index contributed by atoms with van der Waals surface area (Å²) in [5, 5.41) is 0.786. The van der Waals surface area contributed by atoms with Crippen LogP contribution in [0.4, 0.5) is 4.39 Å². The summed E-state index contributed by atoms with van der Waals surface area (Å²) in [6, 6.07) is 15.8. The van der Waals surface area contributed by atoms with Gasteiger partial charge in [-0.2, -0.15) is 4.31 Å². The Morgan fingerprint density at radius 1 is 0.943 bits per heavy atom. The number of hydrogen-bond acceptors (Lipinski definition) is 5. The van der Waals surface area contributed by atoms with Crippen LogP contribution in [0.25, 0.3) is 10.9 Å². The van der Waals surface area contributed by atoms with Crippen LogP contribution in [0.15, 0.2) is 70.4 Å². The van der Waals surface area contributed by atoms with Crippen LogP contribution in [-0.2, 0) is 23.1 Å². The standard InChI is InChI=1S/C26H23FN2O5S/c1-16-9-19-12-20(26(30)28-22(19)10-17(16)2)14-29(35(31,32)25-6-4-3-5-21(25)27)13-18-7-8-23-24(11-18)34-15-33-23/h3-12H,13-15H2,1-2H3,(H,28,30). The number of aryl methyl sites for hydroxylation is 2. The summed E-state index contributed by atoms with van der Waals surface area (Å²) >= 11 is 0. The molecule has 1 N–H and O–H groups in total. The van der Waals surface area contributed by atoms with Crippen LogP contribution in [0.1, 0.15) is 22.3 Å². The molecule has 1 aromatic heterocycles. The van der Waals surface area contributed by atoms with Crippen LogP contribution in [0.3, 0.4) is 0 Å². The van der Waals surface area contributed by atoms with Gasteiger partial charge < -0.3 is 14.5 Å². The molecule has 1 aliphatic rings. The summed E-state index contributed by atoms with van der Waals surface area (Å²) < 4.78 is 53.6. The SMILES string of the molecule is Cc1cc2cc(CN(Cc3ccc4c(c3)OCO4)S(=O)(=O)c3ccccc3F)c(=O)[nH]c2cc1C. The molecule has 1 aliphatic heterocycles. The minimum atomic E-state index is -4.29. The molecule has 0 amide bonds. The Bertz CT molecular complexity index is 1610. The predicted molar refractivity (Wildman–Crippen MR) is 129 cm³/mol. The highest BCUT2D eigenvalue weighted by Gasteiger charge is 2.29. The number of nitrogens with zero attached hydrogens (tertiary/aromatic N) is 1. The molecule has 0 radical (unpaired) electrons. The second kappa shape index (κ2) is 8.83. The van der Waals surface area contributed by atoms with E-state index in [9.17, 15) is 17.6 Å². The zero-order valence-corrected chi connectivity index (χ0v) is 20.0. The predicted octanol–water partition coefficient (Wildman–Crippen LogP) is 4.40. The van der Waals surface area contributed by atoms with E-state index < -0.39 is 26.3 Å². The number of ether oxygens (including phenoxy) is 2. The van der Waals surface area contributed by atoms with E-state index in [0.717, 1.165) is 26.9 Å². The molecule has 0 atom stereocenters. The number of H-pyrrole nitrogens is 1. The van der Waals surface area contributed by atoms with Gasteiger partial charge in [-0.05, 0) is 78.4 Å². The number of benzene rings is 3. The van der Waals surface area contributed by atoms with Crippen molar-refractivity contribution in [1.29, 1.82) is 0 Å². The largest absolute Gasteiger partial charge is 0.454 e. The van der Waals surface area contributed by atoms with Crippen molar-refractivity contribution in [2.24, 2.45) is 0 Å². The van der Waals surface area contributed by atoms with Crippen molar-refractivity contribution in [2.45, 2.75) is 31.8 Å². The average molecular weight is 495 g/mol. The van der Waals surface area contributed by atoms with Crippen LogP contribution in [0, 0.1) is 19.7 Å². The Kier molecular flexibility index (Phi) is 5.82. The Labute approximate surface area is 201 Å². The number of fused-ring (bicyclic) bond motifs is 2. The van der Waals surface area contributed by atoms with Gasteiger partial charge in [0.05, 0.1) is 0 Å². The number of hydrogen-bond donors (Lipinski definition) is 1. The molecule has 7 nitrogen and oxygen atoms in total. The summed E-state index contributed by atoms with van der Waals surface area (Å²) in [4.78, 5) is 15.3. The zero-order chi connectivity index (χ0) is 24.7. The lowest BCUT2D eigenvalue weighted by Gasteiger charge is -2.23. The van der Waals surface area contributed by atoms with Crippen molar-refractivity contribution in [1.82, 2.24) is 9.29 Å². The minimum absolute atomic E-state index is 0.0847. The number of sulfonamides is 1. The van der Waals surface area contributed by atoms with Crippen molar-refractivity contribution in [3.8, 4) is 11.5 Å². The number of pyridine rings is 1. The van der Waals surface area contributed by atoms with Crippen LogP contribution >= 0.6 is 0 Å². The third kappa shape index (κ3) is 4.40. The second-order valence-electron chi connectivity index (χ2n) is 8.54. The lowest BCUT2D eigenvalue weighted by Crippen LogP contribution is -2.33. The van der Waals surface area contributed by atoms with E-state index in [0.29, 0.717) is 22.6 Å². The molecule has 0 bridgehead atoms. The van der Waals surface area contributed by atoms with Crippen LogP contribution in [0.5, 0.6) is 11.5 Å². The minimum Gasteiger partial charge on any atom is -0.454 e. The highest BCUT2D eigenvalue weighted by atomic mass is 32.2. The van der Waals surface area contributed by atoms with Crippen molar-refractivity contribution < 1.29 is 22.3 Å². The van der Waals surface area contributed by atoms with E-state index in [-0.39, 0.29) is 25.4 Å². The second-order valence-corrected chi connectivity index (χ2v) is 10.4. The first-order valence-corrected chi connectivity index (χ1v) is 12.4. The monoisotopic (exact) mass is 494 g/mol. The summed E-state index contributed by atoms with van der Waals surface area (Å²) in [7, 11) is -4.29. The van der Waals surface area contributed by atoms with Gasteiger partial charge in [-0.15, -0.1) is 0 Å². The molecule has 0 unspecified atom stereocenters. The summed E-state index contributed by atoms with van der Waals surface area (Å²) in [5.41, 5.74) is 3.21. The first-order chi connectivity index (χ1) is 16.7. The molecule has 0 spiro atoms. The Balaban J connectivity index is 1.58. The molecule has 0 aliphatic carbocycles. The smallest absolute Gasteiger partial charge is 0.252 e. The van der Waals surface area contributed by atoms with Crippen molar-refractivity contribution in [2.75, 3.05) is 6.79 Å². The van der Waals surface area contributed by atoms with Gasteiger partial charge in [0, 0.05) is 24.2 Å². The molecule has 3 aromatic carbocycles. The summed E-state index contributed by atoms with van der Waals surface area (Å²) in [6.45, 7) is 3.66. The molecular weight excluding hydrogens is 471 g/mol. The maximum Gasteiger partial charge on any atom is 0.252 e. The molecule has 180 valence electrons. The summed E-state index contributed by atoms with van der Waals surface area (Å²) in [6.07, 6.45) is 0. The maximum atomic E-state index is 14.6. The number of rotatable bonds is 6. The number of nitrogens with one attached hydrogen (secondary N) is 1. The van der Waals surface area contributed by atoms with Gasteiger partial charge in [0.1, 0.15) is 10.7 Å². The Morgan fingerprint density at radius 3 is 2.49 bits per heavy atom. The lowest BCUT2D eigenvalue weighted by molar-refractivity contribution is 0.174. The van der Waals surface area contributed by atoms with E-state index in [1.165, 1.54) is 18.2 Å². The summed E-state index contributed by atoms with van der Waals surface area (Å²) in [5.74, 6) is 0.204. The van der Waals surface area contributed by atoms with Gasteiger partial charge in [0.15, 0.2) is 11.5 Å². The fraction of sp³-hybridized carbons (Fsp3) is 0.192. The fourth-order valence-corrected chi connectivity index (χ4v) is 5.56. The molecule has 5 rings (SSSR count). The molecular formula is C26H23FN2O5S. The van der Waals surface area contributed by atoms with Gasteiger partial charge in [-0.25, -0.2) is 12.8 Å². The van der Waals surface area contributed by atoms with E-state index >= 15 is 0 Å². The normalized spacial score (nSPS) is 13.0. The molecule has 0 saturated carbocycles. The molecule has 0 saturated heterocycles. The number of aromatic amines is 1. The van der Waals surface area contributed by atoms with E-state index in [4.69, 9.17) is 9.47 Å². The van der Waals surface area contributed by atoms with Crippen molar-refractivity contribution in [3.63, 3.8) is 0 Å². The third-order valence-corrected chi connectivity index (χ3v) is 7.96. The van der Waals surface area contributed by atoms with Crippen LogP contribution < -0.4 is 15.0 Å². The van der Waals surface area contributed by atoms with Gasteiger partial charge in [0.25, 0.3) is 5.56 Å². The van der Waals surface area contributed by atoms with Crippen molar-refractivity contribution >= 4 is 20.9 Å². The van der Waals surface area contributed by atoms with Gasteiger partial charge in [0.2, 0.25) is 16.8 Å². The quantitative estimate of drug-likeness (QED) is 0.429. The van der Waals surface area contributed by atoms with Crippen LogP contribution in [-0.4, -0.2) is 24.5 Å². The van der Waals surface area contributed by atoms with Gasteiger partial charge >= 0.3 is 0 Å². The maximum absolute atomic E-state index is 14.6. The topological polar surface area (TPSA) is 88.7 Å². The van der Waals surface area contributed by atoms with E-state index in [1.807, 2.05) is 26.0 Å². The van der Waals surface area contributed by atoms with Crippen molar-refractivity contribution in [3.05, 3.63) is 99.1 Å². The third-order valence-electron chi connectivity index (χ3n) is 6.13. The number of aromatic nitrogens is 1. The van der Waals surface area contributed by atoms with Gasteiger partial charge in [-0.1, -0.05) is 18.2 Å².